The third-order valence-corrected chi connectivity index (χ3v) is 4.63. The van der Waals surface area contributed by atoms with E-state index in [1.54, 1.807) is 0 Å². The topological polar surface area (TPSA) is 50.4 Å². The van der Waals surface area contributed by atoms with E-state index in [0.29, 0.717) is 11.6 Å². The summed E-state index contributed by atoms with van der Waals surface area (Å²) in [5, 5.41) is 5.99. The Labute approximate surface area is 134 Å². The number of carbonyl (C=O) groups excluding carboxylic acids is 1. The summed E-state index contributed by atoms with van der Waals surface area (Å²) in [5.74, 6) is -2.08. The summed E-state index contributed by atoms with van der Waals surface area (Å²) < 4.78 is 31.4. The third-order valence-electron chi connectivity index (χ3n) is 4.63. The third kappa shape index (κ3) is 4.41. The highest BCUT2D eigenvalue weighted by atomic mass is 19.3. The molecule has 2 aliphatic rings. The number of rotatable bonds is 3. The highest BCUT2D eigenvalue weighted by Crippen LogP contribution is 2.34. The van der Waals surface area contributed by atoms with Crippen LogP contribution < -0.4 is 10.6 Å². The van der Waals surface area contributed by atoms with Crippen LogP contribution in [0.2, 0.25) is 0 Å². The molecule has 1 amide bonds. The minimum atomic E-state index is -2.61. The van der Waals surface area contributed by atoms with Gasteiger partial charge in [0.2, 0.25) is 5.92 Å². The van der Waals surface area contributed by atoms with E-state index >= 15 is 0 Å². The second kappa shape index (κ2) is 6.83. The predicted octanol–water partition coefficient (Wildman–Crippen LogP) is 3.89. The Morgan fingerprint density at radius 1 is 1.17 bits per heavy atom. The van der Waals surface area contributed by atoms with Gasteiger partial charge in [-0.1, -0.05) is 12.1 Å². The van der Waals surface area contributed by atoms with Crippen molar-refractivity contribution in [2.24, 2.45) is 0 Å². The molecule has 0 radical (unpaired) electrons. The summed E-state index contributed by atoms with van der Waals surface area (Å²) in [7, 11) is 0. The van der Waals surface area contributed by atoms with E-state index in [-0.39, 0.29) is 25.7 Å². The molecule has 0 unspecified atom stereocenters. The fraction of sp³-hybridized carbons (Fsp3) is 0.588. The molecule has 1 aromatic carbocycles. The summed E-state index contributed by atoms with van der Waals surface area (Å²) in [6.07, 6.45) is 0.141. The average Bonchev–Trinajstić information content (AvgIpc) is 3.04. The van der Waals surface area contributed by atoms with Gasteiger partial charge in [0.1, 0.15) is 6.10 Å². The van der Waals surface area contributed by atoms with E-state index in [1.807, 2.05) is 24.3 Å². The van der Waals surface area contributed by atoms with Gasteiger partial charge >= 0.3 is 6.09 Å². The molecule has 3 rings (SSSR count). The Hall–Kier alpha value is -1.69. The van der Waals surface area contributed by atoms with E-state index in [2.05, 4.69) is 10.6 Å². The number of alkyl halides is 2. The van der Waals surface area contributed by atoms with Crippen molar-refractivity contribution in [1.29, 1.82) is 0 Å². The molecule has 0 spiro atoms. The first-order chi connectivity index (χ1) is 11.0. The van der Waals surface area contributed by atoms with Gasteiger partial charge in [0.25, 0.3) is 0 Å². The molecule has 1 heterocycles. The van der Waals surface area contributed by atoms with Crippen LogP contribution in [-0.2, 0) is 4.74 Å². The van der Waals surface area contributed by atoms with Gasteiger partial charge in [-0.25, -0.2) is 13.6 Å². The molecule has 4 nitrogen and oxygen atoms in total. The van der Waals surface area contributed by atoms with Gasteiger partial charge in [0, 0.05) is 25.1 Å². The van der Waals surface area contributed by atoms with Crippen LogP contribution in [0.4, 0.5) is 19.3 Å². The molecule has 1 aliphatic carbocycles. The lowest BCUT2D eigenvalue weighted by molar-refractivity contribution is -0.0642. The van der Waals surface area contributed by atoms with Crippen LogP contribution in [0.5, 0.6) is 0 Å². The number of halogens is 2. The maximum absolute atomic E-state index is 13.1. The van der Waals surface area contributed by atoms with Crippen molar-refractivity contribution < 1.29 is 18.3 Å². The molecule has 1 saturated carbocycles. The number of anilines is 1. The molecule has 2 fully saturated rings. The van der Waals surface area contributed by atoms with Gasteiger partial charge in [-0.15, -0.1) is 0 Å². The molecule has 1 aromatic rings. The van der Waals surface area contributed by atoms with E-state index < -0.39 is 18.1 Å². The van der Waals surface area contributed by atoms with E-state index in [1.165, 1.54) is 5.56 Å². The van der Waals surface area contributed by atoms with Crippen molar-refractivity contribution >= 4 is 11.8 Å². The number of amides is 1. The van der Waals surface area contributed by atoms with Crippen LogP contribution in [0.25, 0.3) is 0 Å². The molecule has 0 bridgehead atoms. The Morgan fingerprint density at radius 3 is 2.48 bits per heavy atom. The summed E-state index contributed by atoms with van der Waals surface area (Å²) in [6.45, 7) is 2.03. The van der Waals surface area contributed by atoms with Crippen LogP contribution in [0.1, 0.15) is 43.6 Å². The van der Waals surface area contributed by atoms with Crippen molar-refractivity contribution in [3.05, 3.63) is 29.8 Å². The van der Waals surface area contributed by atoms with Gasteiger partial charge in [-0.05, 0) is 49.4 Å². The van der Waals surface area contributed by atoms with Crippen LogP contribution in [0.3, 0.4) is 0 Å². The number of hydrogen-bond acceptors (Lipinski definition) is 3. The number of nitrogens with one attached hydrogen (secondary N) is 2. The largest absolute Gasteiger partial charge is 0.446 e. The van der Waals surface area contributed by atoms with Crippen LogP contribution in [0, 0.1) is 0 Å². The zero-order chi connectivity index (χ0) is 16.3. The SMILES string of the molecule is O=C(Nc1ccc([C@H]2CCNC2)cc1)OC1CCC(F)(F)CC1. The number of ether oxygens (including phenoxy) is 1. The lowest BCUT2D eigenvalue weighted by atomic mass is 9.94. The van der Waals surface area contributed by atoms with Crippen LogP contribution >= 0.6 is 0 Å². The molecule has 0 aromatic heterocycles. The van der Waals surface area contributed by atoms with Crippen molar-refractivity contribution in [2.75, 3.05) is 18.4 Å². The van der Waals surface area contributed by atoms with Gasteiger partial charge in [0.15, 0.2) is 0 Å². The maximum atomic E-state index is 13.1. The monoisotopic (exact) mass is 324 g/mol. The molecule has 23 heavy (non-hydrogen) atoms. The zero-order valence-corrected chi connectivity index (χ0v) is 13.0. The molecule has 126 valence electrons. The lowest BCUT2D eigenvalue weighted by Crippen LogP contribution is -2.31. The number of carbonyl (C=O) groups is 1. The highest BCUT2D eigenvalue weighted by molar-refractivity contribution is 5.84. The van der Waals surface area contributed by atoms with Gasteiger partial charge in [0.05, 0.1) is 0 Å². The lowest BCUT2D eigenvalue weighted by Gasteiger charge is -2.27. The first kappa shape index (κ1) is 16.2. The first-order valence-corrected chi connectivity index (χ1v) is 8.18. The summed E-state index contributed by atoms with van der Waals surface area (Å²) >= 11 is 0. The van der Waals surface area contributed by atoms with E-state index in [4.69, 9.17) is 4.74 Å². The quantitative estimate of drug-likeness (QED) is 0.887. The van der Waals surface area contributed by atoms with Crippen LogP contribution in [0.15, 0.2) is 24.3 Å². The maximum Gasteiger partial charge on any atom is 0.411 e. The van der Waals surface area contributed by atoms with E-state index in [0.717, 1.165) is 19.5 Å². The summed E-state index contributed by atoms with van der Waals surface area (Å²) in [4.78, 5) is 11.9. The normalized spacial score (nSPS) is 24.3. The highest BCUT2D eigenvalue weighted by Gasteiger charge is 2.36. The van der Waals surface area contributed by atoms with Crippen molar-refractivity contribution in [2.45, 2.75) is 50.0 Å². The molecular formula is C17H22F2N2O2. The summed E-state index contributed by atoms with van der Waals surface area (Å²) in [5.41, 5.74) is 1.91. The minimum absolute atomic E-state index is 0.213. The Morgan fingerprint density at radius 2 is 1.87 bits per heavy atom. The fourth-order valence-electron chi connectivity index (χ4n) is 3.21. The molecule has 1 saturated heterocycles. The number of benzene rings is 1. The molecule has 1 atom stereocenters. The van der Waals surface area contributed by atoms with E-state index in [9.17, 15) is 13.6 Å². The average molecular weight is 324 g/mol. The fourth-order valence-corrected chi connectivity index (χ4v) is 3.21. The molecular weight excluding hydrogens is 302 g/mol. The molecule has 6 heteroatoms. The van der Waals surface area contributed by atoms with Gasteiger partial charge in [-0.3, -0.25) is 5.32 Å². The Bertz CT molecular complexity index is 532. The second-order valence-electron chi connectivity index (χ2n) is 6.40. The predicted molar refractivity (Wildman–Crippen MR) is 84.0 cm³/mol. The Balaban J connectivity index is 1.48. The van der Waals surface area contributed by atoms with Crippen LogP contribution in [-0.4, -0.2) is 31.2 Å². The Kier molecular flexibility index (Phi) is 4.80. The second-order valence-corrected chi connectivity index (χ2v) is 6.40. The first-order valence-electron chi connectivity index (χ1n) is 8.18. The van der Waals surface area contributed by atoms with Gasteiger partial charge in [-0.2, -0.15) is 0 Å². The van der Waals surface area contributed by atoms with Crippen molar-refractivity contribution in [1.82, 2.24) is 5.32 Å². The van der Waals surface area contributed by atoms with Gasteiger partial charge < -0.3 is 10.1 Å². The number of hydrogen-bond donors (Lipinski definition) is 2. The molecule has 1 aliphatic heterocycles. The molecule has 2 N–H and O–H groups in total. The van der Waals surface area contributed by atoms with Crippen molar-refractivity contribution in [3.63, 3.8) is 0 Å². The smallest absolute Gasteiger partial charge is 0.411 e. The standard InChI is InChI=1S/C17H22F2N2O2/c18-17(19)8-5-15(6-9-17)23-16(22)21-14-3-1-12(2-4-14)13-7-10-20-11-13/h1-4,13,15,20H,5-11H2,(H,21,22)/t13-/m0/s1. The minimum Gasteiger partial charge on any atom is -0.446 e. The van der Waals surface area contributed by atoms with Crippen molar-refractivity contribution in [3.8, 4) is 0 Å². The summed E-state index contributed by atoms with van der Waals surface area (Å²) in [6, 6.07) is 7.72. The zero-order valence-electron chi connectivity index (χ0n) is 13.0.